The minimum atomic E-state index is -1.79. The van der Waals surface area contributed by atoms with Crippen molar-refractivity contribution in [2.24, 2.45) is 0 Å². The largest absolute Gasteiger partial charge is 0.394 e. The Balaban J connectivity index is 1.70. The molecular weight excluding hydrogens is 1050 g/mol. The summed E-state index contributed by atoms with van der Waals surface area (Å²) in [7, 11) is 0. The average Bonchev–Trinajstić information content (AvgIpc) is 3.64. The van der Waals surface area contributed by atoms with Gasteiger partial charge in [0.15, 0.2) is 12.6 Å². The highest BCUT2D eigenvalue weighted by Gasteiger charge is 2.51. The Morgan fingerprint density at radius 1 is 0.446 bits per heavy atom. The molecule has 12 unspecified atom stereocenters. The first-order chi connectivity index (χ1) is 40.6. The summed E-state index contributed by atoms with van der Waals surface area (Å²) in [5.41, 5.74) is 0. The molecule has 2 rings (SSSR count). The van der Waals surface area contributed by atoms with E-state index in [-0.39, 0.29) is 18.9 Å². The number of carbonyl (C=O) groups is 1. The lowest BCUT2D eigenvalue weighted by Gasteiger charge is -2.46. The molecule has 2 heterocycles. The molecule has 0 bridgehead atoms. The first-order valence-corrected chi connectivity index (χ1v) is 33.0. The molecule has 14 heteroatoms. The van der Waals surface area contributed by atoms with Gasteiger partial charge < -0.3 is 65.1 Å². The number of aliphatic hydroxyl groups is 8. The van der Waals surface area contributed by atoms with Crippen molar-refractivity contribution < 1.29 is 64.6 Å². The zero-order valence-electron chi connectivity index (χ0n) is 51.7. The van der Waals surface area contributed by atoms with Crippen molar-refractivity contribution in [2.45, 2.75) is 312 Å². The Morgan fingerprint density at radius 2 is 0.843 bits per heavy atom. The topological polar surface area (TPSA) is 228 Å². The standard InChI is InChI=1S/C69H119NO13/c1-3-5-7-9-11-13-15-17-19-21-23-24-25-26-27-28-29-30-31-32-33-34-35-37-39-41-43-45-47-49-51-53-61(74)70-57(58(73)52-50-48-46-44-42-40-38-36-22-20-18-16-14-12-10-8-6-4-2)56-80-68-66(79)64(77)67(60(55-72)82-68)83-69-65(78)63(76)62(75)59(54-71)81-69/h5,7,11,13,17,19,23-24,26-27,29-30,42,44,50,52,57-60,62-69,71-73,75-79H,3-4,6,8-10,12,14-16,18,20-22,25,28,31-41,43,45-49,51,53-56H2,1-2H3,(H,70,74)/b7-5-,13-11-,19-17-,24-23-,27-26-,30-29-,44-42+,52-50+. The van der Waals surface area contributed by atoms with Crippen LogP contribution in [0.3, 0.4) is 0 Å². The Labute approximate surface area is 503 Å². The van der Waals surface area contributed by atoms with E-state index in [0.29, 0.717) is 12.8 Å². The maximum absolute atomic E-state index is 13.3. The fourth-order valence-corrected chi connectivity index (χ4v) is 10.3. The highest BCUT2D eigenvalue weighted by atomic mass is 16.7. The van der Waals surface area contributed by atoms with Crippen LogP contribution in [0.5, 0.6) is 0 Å². The third kappa shape index (κ3) is 37.9. The lowest BCUT2D eigenvalue weighted by molar-refractivity contribution is -0.359. The molecule has 14 nitrogen and oxygen atoms in total. The number of rotatable bonds is 52. The van der Waals surface area contributed by atoms with Gasteiger partial charge in [-0.15, -0.1) is 0 Å². The summed E-state index contributed by atoms with van der Waals surface area (Å²) in [5.74, 6) is -0.254. The van der Waals surface area contributed by atoms with Gasteiger partial charge in [0.25, 0.3) is 0 Å². The van der Waals surface area contributed by atoms with E-state index < -0.39 is 86.8 Å². The molecule has 9 N–H and O–H groups in total. The predicted octanol–water partition coefficient (Wildman–Crippen LogP) is 12.6. The smallest absolute Gasteiger partial charge is 0.220 e. The van der Waals surface area contributed by atoms with Crippen LogP contribution >= 0.6 is 0 Å². The fraction of sp³-hybridized carbons (Fsp3) is 0.754. The van der Waals surface area contributed by atoms with Gasteiger partial charge in [0.1, 0.15) is 48.8 Å². The van der Waals surface area contributed by atoms with Crippen molar-refractivity contribution in [3.63, 3.8) is 0 Å². The molecule has 0 saturated carbocycles. The Kier molecular flexibility index (Phi) is 48.7. The van der Waals surface area contributed by atoms with Crippen molar-refractivity contribution in [2.75, 3.05) is 19.8 Å². The van der Waals surface area contributed by atoms with Gasteiger partial charge in [-0.2, -0.15) is 0 Å². The van der Waals surface area contributed by atoms with Crippen LogP contribution in [-0.2, 0) is 23.7 Å². The second kappa shape index (κ2) is 53.2. The molecule has 83 heavy (non-hydrogen) atoms. The minimum Gasteiger partial charge on any atom is -0.394 e. The van der Waals surface area contributed by atoms with E-state index >= 15 is 0 Å². The molecule has 0 aromatic heterocycles. The summed E-state index contributed by atoms with van der Waals surface area (Å²) in [6, 6.07) is -0.939. The molecule has 0 radical (unpaired) electrons. The number of allylic oxidation sites excluding steroid dienone is 15. The molecule has 1 amide bonds. The van der Waals surface area contributed by atoms with Crippen LogP contribution in [0.15, 0.2) is 97.2 Å². The number of hydrogen-bond donors (Lipinski definition) is 9. The van der Waals surface area contributed by atoms with Gasteiger partial charge in [0, 0.05) is 6.42 Å². The van der Waals surface area contributed by atoms with E-state index in [0.717, 1.165) is 77.0 Å². The molecular formula is C69H119NO13. The van der Waals surface area contributed by atoms with Gasteiger partial charge >= 0.3 is 0 Å². The molecule has 0 spiro atoms. The average molecular weight is 1170 g/mol. The Hall–Kier alpha value is -3.09. The molecule has 2 aliphatic rings. The molecule has 0 aromatic rings. The van der Waals surface area contributed by atoms with Crippen LogP contribution in [0, 0.1) is 0 Å². The molecule has 2 aliphatic heterocycles. The molecule has 478 valence electrons. The van der Waals surface area contributed by atoms with Gasteiger partial charge in [-0.05, 0) is 83.5 Å². The number of amides is 1. The van der Waals surface area contributed by atoms with Crippen LogP contribution in [0.4, 0.5) is 0 Å². The van der Waals surface area contributed by atoms with Crippen molar-refractivity contribution in [1.82, 2.24) is 5.32 Å². The van der Waals surface area contributed by atoms with Gasteiger partial charge in [0.2, 0.25) is 5.91 Å². The van der Waals surface area contributed by atoms with Crippen molar-refractivity contribution in [3.8, 4) is 0 Å². The maximum atomic E-state index is 13.3. The van der Waals surface area contributed by atoms with E-state index in [9.17, 15) is 45.6 Å². The summed E-state index contributed by atoms with van der Waals surface area (Å²) in [6.45, 7) is 2.67. The summed E-state index contributed by atoms with van der Waals surface area (Å²) in [5, 5.41) is 87.3. The second-order valence-electron chi connectivity index (χ2n) is 22.9. The first kappa shape index (κ1) is 76.0. The third-order valence-corrected chi connectivity index (χ3v) is 15.5. The third-order valence-electron chi connectivity index (χ3n) is 15.5. The fourth-order valence-electron chi connectivity index (χ4n) is 10.3. The quantitative estimate of drug-likeness (QED) is 0.0204. The van der Waals surface area contributed by atoms with E-state index in [1.807, 2.05) is 6.08 Å². The first-order valence-electron chi connectivity index (χ1n) is 33.0. The van der Waals surface area contributed by atoms with Crippen LogP contribution < -0.4 is 5.32 Å². The molecule has 0 aliphatic carbocycles. The predicted molar refractivity (Wildman–Crippen MR) is 336 cm³/mol. The van der Waals surface area contributed by atoms with Crippen LogP contribution in [-0.4, -0.2) is 140 Å². The lowest BCUT2D eigenvalue weighted by atomic mass is 9.97. The van der Waals surface area contributed by atoms with Gasteiger partial charge in [0.05, 0.1) is 32.0 Å². The SMILES string of the molecule is CC/C=C\C/C=C\C/C=C\C/C=C\C/C=C\C/C=C\CCCCCCCCCCCCCCC(=O)NC(COC1OC(CO)C(OC2OC(CO)C(O)C(O)C2O)C(O)C1O)C(O)/C=C/CC/C=C/CCCCCCCCCCCCCC. The van der Waals surface area contributed by atoms with E-state index in [4.69, 9.17) is 18.9 Å². The van der Waals surface area contributed by atoms with Crippen molar-refractivity contribution in [1.29, 1.82) is 0 Å². The van der Waals surface area contributed by atoms with Crippen LogP contribution in [0.1, 0.15) is 239 Å². The van der Waals surface area contributed by atoms with Gasteiger partial charge in [-0.25, -0.2) is 0 Å². The zero-order valence-corrected chi connectivity index (χ0v) is 51.7. The minimum absolute atomic E-state index is 0.254. The lowest BCUT2D eigenvalue weighted by Crippen LogP contribution is -2.65. The zero-order chi connectivity index (χ0) is 60.2. The number of aliphatic hydroxyl groups excluding tert-OH is 8. The Morgan fingerprint density at radius 3 is 1.33 bits per heavy atom. The number of nitrogens with one attached hydrogen (secondary N) is 1. The summed E-state index contributed by atoms with van der Waals surface area (Å²) < 4.78 is 22.8. The molecule has 2 saturated heterocycles. The maximum Gasteiger partial charge on any atom is 0.220 e. The normalized spacial score (nSPS) is 24.5. The Bertz CT molecular complexity index is 1760. The van der Waals surface area contributed by atoms with Gasteiger partial charge in [-0.3, -0.25) is 4.79 Å². The summed E-state index contributed by atoms with van der Waals surface area (Å²) in [6.07, 6.45) is 57.3. The van der Waals surface area contributed by atoms with E-state index in [2.05, 4.69) is 104 Å². The summed E-state index contributed by atoms with van der Waals surface area (Å²) >= 11 is 0. The number of hydrogen-bond acceptors (Lipinski definition) is 13. The monoisotopic (exact) mass is 1170 g/mol. The van der Waals surface area contributed by atoms with Crippen molar-refractivity contribution in [3.05, 3.63) is 97.2 Å². The summed E-state index contributed by atoms with van der Waals surface area (Å²) in [4.78, 5) is 13.3. The van der Waals surface area contributed by atoms with E-state index in [1.54, 1.807) is 6.08 Å². The number of carbonyl (C=O) groups excluding carboxylic acids is 1. The second-order valence-corrected chi connectivity index (χ2v) is 22.9. The highest BCUT2D eigenvalue weighted by Crippen LogP contribution is 2.30. The number of unbranched alkanes of at least 4 members (excludes halogenated alkanes) is 25. The molecule has 12 atom stereocenters. The van der Waals surface area contributed by atoms with Gasteiger partial charge in [-0.1, -0.05) is 246 Å². The molecule has 0 aromatic carbocycles. The number of ether oxygens (including phenoxy) is 4. The van der Waals surface area contributed by atoms with E-state index in [1.165, 1.54) is 128 Å². The van der Waals surface area contributed by atoms with Crippen LogP contribution in [0.2, 0.25) is 0 Å². The molecule has 2 fully saturated rings. The van der Waals surface area contributed by atoms with Crippen molar-refractivity contribution >= 4 is 5.91 Å². The van der Waals surface area contributed by atoms with Crippen LogP contribution in [0.25, 0.3) is 0 Å². The highest BCUT2D eigenvalue weighted by molar-refractivity contribution is 5.76.